The van der Waals surface area contributed by atoms with E-state index in [1.165, 1.54) is 0 Å². The summed E-state index contributed by atoms with van der Waals surface area (Å²) in [6, 6.07) is 18.2. The van der Waals surface area contributed by atoms with Crippen LogP contribution in [0.15, 0.2) is 60.7 Å². The highest BCUT2D eigenvalue weighted by Crippen LogP contribution is 2.12. The van der Waals surface area contributed by atoms with E-state index in [1.807, 2.05) is 62.4 Å². The molecule has 0 aliphatic rings. The van der Waals surface area contributed by atoms with Crippen molar-refractivity contribution in [1.29, 1.82) is 0 Å². The minimum atomic E-state index is -0.622. The van der Waals surface area contributed by atoms with Crippen molar-refractivity contribution in [1.82, 2.24) is 10.2 Å². The first-order valence-electron chi connectivity index (χ1n) is 10.4. The third kappa shape index (κ3) is 8.25. The number of hydrogen-bond acceptors (Lipinski definition) is 4. The molecule has 30 heavy (non-hydrogen) atoms. The normalized spacial score (nSPS) is 11.7. The number of carbonyl (C=O) groups excluding carboxylic acids is 2. The number of ether oxygens (including phenoxy) is 2. The van der Waals surface area contributed by atoms with Gasteiger partial charge in [-0.1, -0.05) is 48.5 Å². The molecule has 162 valence electrons. The Kier molecular flexibility index (Phi) is 9.87. The molecule has 1 atom stereocenters. The van der Waals surface area contributed by atoms with Crippen LogP contribution >= 0.6 is 0 Å². The average molecular weight is 413 g/mol. The summed E-state index contributed by atoms with van der Waals surface area (Å²) in [5.74, 6) is 0.185. The monoisotopic (exact) mass is 412 g/mol. The van der Waals surface area contributed by atoms with Gasteiger partial charge >= 0.3 is 0 Å². The summed E-state index contributed by atoms with van der Waals surface area (Å²) in [6.45, 7) is 6.99. The minimum absolute atomic E-state index is 0.128. The molecular formula is C24H32N2O4. The summed E-state index contributed by atoms with van der Waals surface area (Å²) in [7, 11) is 0. The molecule has 6 nitrogen and oxygen atoms in total. The quantitative estimate of drug-likeness (QED) is 0.543. The van der Waals surface area contributed by atoms with Gasteiger partial charge in [0.15, 0.2) is 6.61 Å². The van der Waals surface area contributed by atoms with Crippen molar-refractivity contribution in [2.45, 2.75) is 45.9 Å². The number of para-hydroxylation sites is 1. The smallest absolute Gasteiger partial charge is 0.261 e. The summed E-state index contributed by atoms with van der Waals surface area (Å²) in [4.78, 5) is 27.1. The van der Waals surface area contributed by atoms with Gasteiger partial charge < -0.3 is 19.7 Å². The van der Waals surface area contributed by atoms with E-state index in [9.17, 15) is 9.59 Å². The zero-order valence-electron chi connectivity index (χ0n) is 18.0. The number of amides is 2. The maximum absolute atomic E-state index is 12.9. The van der Waals surface area contributed by atoms with Crippen molar-refractivity contribution in [2.75, 3.05) is 19.8 Å². The van der Waals surface area contributed by atoms with Gasteiger partial charge in [-0.05, 0) is 44.9 Å². The Labute approximate surface area is 179 Å². The molecule has 6 heteroatoms. The summed E-state index contributed by atoms with van der Waals surface area (Å²) in [5.41, 5.74) is 0.954. The Morgan fingerprint density at radius 2 is 1.60 bits per heavy atom. The number of nitrogens with one attached hydrogen (secondary N) is 1. The fraction of sp³-hybridized carbons (Fsp3) is 0.417. The van der Waals surface area contributed by atoms with Crippen molar-refractivity contribution in [2.24, 2.45) is 0 Å². The Morgan fingerprint density at radius 1 is 0.967 bits per heavy atom. The first kappa shape index (κ1) is 23.4. The zero-order valence-corrected chi connectivity index (χ0v) is 18.0. The van der Waals surface area contributed by atoms with Crippen LogP contribution in [0.2, 0.25) is 0 Å². The van der Waals surface area contributed by atoms with Crippen molar-refractivity contribution in [3.05, 3.63) is 66.2 Å². The number of nitrogens with zero attached hydrogens (tertiary/aromatic N) is 1. The first-order chi connectivity index (χ1) is 14.5. The third-order valence-corrected chi connectivity index (χ3v) is 4.54. The van der Waals surface area contributed by atoms with E-state index in [2.05, 4.69) is 5.32 Å². The molecule has 0 unspecified atom stereocenters. The molecule has 0 fully saturated rings. The van der Waals surface area contributed by atoms with Crippen molar-refractivity contribution < 1.29 is 19.1 Å². The lowest BCUT2D eigenvalue weighted by Crippen LogP contribution is -2.49. The van der Waals surface area contributed by atoms with Gasteiger partial charge in [-0.2, -0.15) is 0 Å². The molecular weight excluding hydrogens is 380 g/mol. The van der Waals surface area contributed by atoms with Crippen LogP contribution in [0.4, 0.5) is 0 Å². The molecule has 2 rings (SSSR count). The van der Waals surface area contributed by atoms with Crippen LogP contribution in [0.3, 0.4) is 0 Å². The molecule has 2 aromatic carbocycles. The second-order valence-electron chi connectivity index (χ2n) is 7.35. The van der Waals surface area contributed by atoms with Crippen LogP contribution in [-0.2, 0) is 20.9 Å². The summed E-state index contributed by atoms with van der Waals surface area (Å²) >= 11 is 0. The van der Waals surface area contributed by atoms with Gasteiger partial charge in [0.1, 0.15) is 11.8 Å². The fourth-order valence-corrected chi connectivity index (χ4v) is 2.86. The third-order valence-electron chi connectivity index (χ3n) is 4.54. The highest BCUT2D eigenvalue weighted by atomic mass is 16.5. The molecule has 2 amide bonds. The second kappa shape index (κ2) is 12.6. The lowest BCUT2D eigenvalue weighted by atomic mass is 10.1. The van der Waals surface area contributed by atoms with Gasteiger partial charge in [0, 0.05) is 19.7 Å². The molecule has 0 radical (unpaired) electrons. The number of rotatable bonds is 12. The Hall–Kier alpha value is -2.86. The molecule has 0 saturated carbocycles. The maximum Gasteiger partial charge on any atom is 0.261 e. The van der Waals surface area contributed by atoms with Crippen LogP contribution < -0.4 is 10.1 Å². The van der Waals surface area contributed by atoms with Gasteiger partial charge in [-0.15, -0.1) is 0 Å². The van der Waals surface area contributed by atoms with Crippen LogP contribution in [0.25, 0.3) is 0 Å². The molecule has 0 heterocycles. The van der Waals surface area contributed by atoms with E-state index >= 15 is 0 Å². The average Bonchev–Trinajstić information content (AvgIpc) is 2.76. The van der Waals surface area contributed by atoms with E-state index in [1.54, 1.807) is 24.0 Å². The molecule has 0 spiro atoms. The highest BCUT2D eigenvalue weighted by Gasteiger charge is 2.26. The summed E-state index contributed by atoms with van der Waals surface area (Å²) in [6.07, 6.45) is 0.892. The number of carbonyl (C=O) groups is 2. The van der Waals surface area contributed by atoms with Crippen molar-refractivity contribution in [3.8, 4) is 5.75 Å². The SMILES string of the molecule is CC(C)OCCCNC(=O)[C@H](C)N(Cc1ccccc1)C(=O)COc1ccccc1. The van der Waals surface area contributed by atoms with Crippen LogP contribution in [0, 0.1) is 0 Å². The Morgan fingerprint density at radius 3 is 2.23 bits per heavy atom. The van der Waals surface area contributed by atoms with E-state index in [-0.39, 0.29) is 24.5 Å². The van der Waals surface area contributed by atoms with E-state index in [0.29, 0.717) is 25.4 Å². The fourth-order valence-electron chi connectivity index (χ4n) is 2.86. The van der Waals surface area contributed by atoms with Gasteiger partial charge in [-0.25, -0.2) is 0 Å². The topological polar surface area (TPSA) is 67.9 Å². The first-order valence-corrected chi connectivity index (χ1v) is 10.4. The summed E-state index contributed by atoms with van der Waals surface area (Å²) < 4.78 is 11.1. The molecule has 0 aliphatic heterocycles. The Balaban J connectivity index is 1.97. The number of hydrogen-bond donors (Lipinski definition) is 1. The van der Waals surface area contributed by atoms with E-state index in [0.717, 1.165) is 12.0 Å². The highest BCUT2D eigenvalue weighted by molar-refractivity contribution is 5.87. The summed E-state index contributed by atoms with van der Waals surface area (Å²) in [5, 5.41) is 2.90. The largest absolute Gasteiger partial charge is 0.484 e. The lowest BCUT2D eigenvalue weighted by Gasteiger charge is -2.28. The number of benzene rings is 2. The second-order valence-corrected chi connectivity index (χ2v) is 7.35. The van der Waals surface area contributed by atoms with Gasteiger partial charge in [0.25, 0.3) is 5.91 Å². The predicted octanol–water partition coefficient (Wildman–Crippen LogP) is 3.41. The molecule has 0 bridgehead atoms. The van der Waals surface area contributed by atoms with Gasteiger partial charge in [0.05, 0.1) is 6.10 Å². The van der Waals surface area contributed by atoms with Crippen molar-refractivity contribution >= 4 is 11.8 Å². The molecule has 2 aromatic rings. The van der Waals surface area contributed by atoms with E-state index in [4.69, 9.17) is 9.47 Å². The molecule has 0 saturated heterocycles. The minimum Gasteiger partial charge on any atom is -0.484 e. The lowest BCUT2D eigenvalue weighted by molar-refractivity contribution is -0.142. The zero-order chi connectivity index (χ0) is 21.8. The molecule has 0 aromatic heterocycles. The van der Waals surface area contributed by atoms with Gasteiger partial charge in [-0.3, -0.25) is 9.59 Å². The predicted molar refractivity (Wildman–Crippen MR) is 117 cm³/mol. The van der Waals surface area contributed by atoms with Crippen LogP contribution in [-0.4, -0.2) is 48.6 Å². The van der Waals surface area contributed by atoms with Gasteiger partial charge in [0.2, 0.25) is 5.91 Å². The van der Waals surface area contributed by atoms with Crippen LogP contribution in [0.1, 0.15) is 32.8 Å². The molecule has 1 N–H and O–H groups in total. The van der Waals surface area contributed by atoms with Crippen molar-refractivity contribution in [3.63, 3.8) is 0 Å². The Bertz CT molecular complexity index is 765. The van der Waals surface area contributed by atoms with E-state index < -0.39 is 6.04 Å². The standard InChI is InChI=1S/C24H32N2O4/c1-19(2)29-16-10-15-25-24(28)20(3)26(17-21-11-6-4-7-12-21)23(27)18-30-22-13-8-5-9-14-22/h4-9,11-14,19-20H,10,15-18H2,1-3H3,(H,25,28)/t20-/m0/s1. The maximum atomic E-state index is 12.9. The molecule has 0 aliphatic carbocycles. The van der Waals surface area contributed by atoms with Crippen LogP contribution in [0.5, 0.6) is 5.75 Å².